The molecule has 2 rings (SSSR count). The van der Waals surface area contributed by atoms with Gasteiger partial charge in [-0.15, -0.1) is 0 Å². The van der Waals surface area contributed by atoms with Crippen LogP contribution < -0.4 is 0 Å². The van der Waals surface area contributed by atoms with Gasteiger partial charge in [0, 0.05) is 7.11 Å². The smallest absolute Gasteiger partial charge is 0.186 e. The lowest BCUT2D eigenvalue weighted by Crippen LogP contribution is -2.60. The van der Waals surface area contributed by atoms with E-state index in [4.69, 9.17) is 19.3 Å². The predicted molar refractivity (Wildman–Crippen MR) is 76.7 cm³/mol. The van der Waals surface area contributed by atoms with Crippen molar-refractivity contribution < 1.29 is 50.0 Å². The van der Waals surface area contributed by atoms with Gasteiger partial charge in [0.25, 0.3) is 0 Å². The molecule has 10 nitrogen and oxygen atoms in total. The van der Waals surface area contributed by atoms with Crippen LogP contribution in [0, 0.1) is 0 Å². The van der Waals surface area contributed by atoms with Gasteiger partial charge in [-0.2, -0.15) is 0 Å². The van der Waals surface area contributed by atoms with Crippen LogP contribution in [-0.2, 0) is 14.2 Å². The maximum atomic E-state index is 9.99. The monoisotopic (exact) mass is 354 g/mol. The van der Waals surface area contributed by atoms with E-state index in [9.17, 15) is 30.6 Å². The summed E-state index contributed by atoms with van der Waals surface area (Å²) in [5.74, 6) is 0. The fourth-order valence-electron chi connectivity index (χ4n) is 3.10. The van der Waals surface area contributed by atoms with E-state index in [1.54, 1.807) is 0 Å². The molecule has 0 amide bonds. The van der Waals surface area contributed by atoms with Crippen molar-refractivity contribution in [3.05, 3.63) is 0 Å². The molecule has 10 heteroatoms. The number of aliphatic hydroxyl groups is 7. The summed E-state index contributed by atoms with van der Waals surface area (Å²) in [4.78, 5) is 0. The molecule has 0 spiro atoms. The maximum Gasteiger partial charge on any atom is 0.186 e. The zero-order chi connectivity index (χ0) is 18.0. The van der Waals surface area contributed by atoms with Crippen LogP contribution in [0.4, 0.5) is 0 Å². The number of ether oxygens (including phenoxy) is 3. The SMILES string of the molecule is CO[C@H]1O[C@H](CC[C@H]2O[C@H](CO)[C@@H](O)[C@H](O)[C@H]2O)[C@@H](O)[C@H](O)[C@@H]1O. The minimum absolute atomic E-state index is 0.114. The molecule has 24 heavy (non-hydrogen) atoms. The Labute approximate surface area is 138 Å². The van der Waals surface area contributed by atoms with E-state index in [-0.39, 0.29) is 12.8 Å². The summed E-state index contributed by atoms with van der Waals surface area (Å²) in [5.41, 5.74) is 0. The van der Waals surface area contributed by atoms with E-state index >= 15 is 0 Å². The first-order valence-corrected chi connectivity index (χ1v) is 7.84. The molecule has 2 aliphatic heterocycles. The van der Waals surface area contributed by atoms with Gasteiger partial charge >= 0.3 is 0 Å². The number of rotatable bonds is 5. The lowest BCUT2D eigenvalue weighted by atomic mass is 9.90. The average molecular weight is 354 g/mol. The van der Waals surface area contributed by atoms with Crippen molar-refractivity contribution in [2.45, 2.75) is 74.1 Å². The van der Waals surface area contributed by atoms with E-state index in [1.165, 1.54) is 7.11 Å². The maximum absolute atomic E-state index is 9.99. The topological polar surface area (TPSA) is 169 Å². The molecule has 0 saturated carbocycles. The quantitative estimate of drug-likeness (QED) is 0.259. The molecule has 7 N–H and O–H groups in total. The lowest BCUT2D eigenvalue weighted by Gasteiger charge is -2.42. The molecule has 0 radical (unpaired) electrons. The fourth-order valence-corrected chi connectivity index (χ4v) is 3.10. The van der Waals surface area contributed by atoms with Crippen molar-refractivity contribution in [1.29, 1.82) is 0 Å². The van der Waals surface area contributed by atoms with Gasteiger partial charge in [-0.3, -0.25) is 0 Å². The molecule has 2 heterocycles. The van der Waals surface area contributed by atoms with Gasteiger partial charge in [-0.05, 0) is 12.8 Å². The summed E-state index contributed by atoms with van der Waals surface area (Å²) in [6, 6.07) is 0. The molecule has 0 unspecified atom stereocenters. The van der Waals surface area contributed by atoms with E-state index in [2.05, 4.69) is 0 Å². The van der Waals surface area contributed by atoms with Gasteiger partial charge < -0.3 is 50.0 Å². The van der Waals surface area contributed by atoms with E-state index in [0.29, 0.717) is 0 Å². The van der Waals surface area contributed by atoms with Crippen LogP contribution in [0.2, 0.25) is 0 Å². The van der Waals surface area contributed by atoms with Crippen molar-refractivity contribution in [3.8, 4) is 0 Å². The van der Waals surface area contributed by atoms with Gasteiger partial charge in [-0.25, -0.2) is 0 Å². The van der Waals surface area contributed by atoms with Crippen LogP contribution in [0.5, 0.6) is 0 Å². The summed E-state index contributed by atoms with van der Waals surface area (Å²) < 4.78 is 15.6. The van der Waals surface area contributed by atoms with Crippen LogP contribution >= 0.6 is 0 Å². The largest absolute Gasteiger partial charge is 0.394 e. The van der Waals surface area contributed by atoms with Crippen LogP contribution in [0.3, 0.4) is 0 Å². The molecule has 0 aliphatic carbocycles. The minimum Gasteiger partial charge on any atom is -0.394 e. The van der Waals surface area contributed by atoms with Crippen molar-refractivity contribution in [1.82, 2.24) is 0 Å². The highest BCUT2D eigenvalue weighted by atomic mass is 16.7. The third-order valence-corrected chi connectivity index (χ3v) is 4.63. The Morgan fingerprint density at radius 3 is 1.62 bits per heavy atom. The Bertz CT molecular complexity index is 356. The summed E-state index contributed by atoms with van der Waals surface area (Å²) in [5, 5.41) is 68.1. The third-order valence-electron chi connectivity index (χ3n) is 4.63. The second-order valence-electron chi connectivity index (χ2n) is 6.20. The predicted octanol–water partition coefficient (Wildman–Crippen LogP) is -3.94. The standard InChI is InChI=1S/C14H26O10/c1-22-14-13(21)12(20)9(17)6(24-14)3-2-5-8(16)11(19)10(18)7(4-15)23-5/h5-21H,2-4H2,1H3/t5-,6-,7-,8+,9-,10-,11-,12+,13+,14+/m1/s1. The first-order chi connectivity index (χ1) is 11.3. The normalized spacial score (nSPS) is 50.0. The van der Waals surface area contributed by atoms with Crippen LogP contribution in [-0.4, -0.2) is 111 Å². The van der Waals surface area contributed by atoms with Crippen LogP contribution in [0.25, 0.3) is 0 Å². The highest BCUT2D eigenvalue weighted by molar-refractivity contribution is 4.94. The van der Waals surface area contributed by atoms with E-state index in [0.717, 1.165) is 0 Å². The van der Waals surface area contributed by atoms with Gasteiger partial charge in [0.05, 0.1) is 18.8 Å². The molecule has 2 saturated heterocycles. The zero-order valence-corrected chi connectivity index (χ0v) is 13.3. The van der Waals surface area contributed by atoms with Crippen molar-refractivity contribution in [2.75, 3.05) is 13.7 Å². The first kappa shape index (κ1) is 19.9. The second-order valence-corrected chi connectivity index (χ2v) is 6.20. The van der Waals surface area contributed by atoms with Gasteiger partial charge in [0.2, 0.25) is 0 Å². The second kappa shape index (κ2) is 8.32. The molecule has 0 aromatic carbocycles. The van der Waals surface area contributed by atoms with Crippen molar-refractivity contribution >= 4 is 0 Å². The molecule has 10 atom stereocenters. The van der Waals surface area contributed by atoms with E-state index in [1.807, 2.05) is 0 Å². The average Bonchev–Trinajstić information content (AvgIpc) is 2.58. The number of methoxy groups -OCH3 is 1. The summed E-state index contributed by atoms with van der Waals surface area (Å²) in [6.07, 6.45) is -12.2. The molecule has 0 aromatic rings. The van der Waals surface area contributed by atoms with Crippen LogP contribution in [0.1, 0.15) is 12.8 Å². The summed E-state index contributed by atoms with van der Waals surface area (Å²) in [7, 11) is 1.28. The number of aliphatic hydroxyl groups excluding tert-OH is 7. The Hall–Kier alpha value is -0.400. The number of hydrogen-bond donors (Lipinski definition) is 7. The van der Waals surface area contributed by atoms with E-state index < -0.39 is 67.8 Å². The molecular weight excluding hydrogens is 328 g/mol. The van der Waals surface area contributed by atoms with Gasteiger partial charge in [-0.1, -0.05) is 0 Å². The van der Waals surface area contributed by atoms with Crippen LogP contribution in [0.15, 0.2) is 0 Å². The highest BCUT2D eigenvalue weighted by Crippen LogP contribution is 2.28. The Morgan fingerprint density at radius 1 is 0.667 bits per heavy atom. The zero-order valence-electron chi connectivity index (χ0n) is 13.3. The van der Waals surface area contributed by atoms with Crippen molar-refractivity contribution in [2.24, 2.45) is 0 Å². The molecule has 142 valence electrons. The third kappa shape index (κ3) is 3.88. The molecule has 0 bridgehead atoms. The fraction of sp³-hybridized carbons (Fsp3) is 1.00. The molecule has 2 aliphatic rings. The Morgan fingerprint density at radius 2 is 1.12 bits per heavy atom. The molecular formula is C14H26O10. The van der Waals surface area contributed by atoms with Crippen molar-refractivity contribution in [3.63, 3.8) is 0 Å². The van der Waals surface area contributed by atoms with Gasteiger partial charge in [0.15, 0.2) is 6.29 Å². The lowest BCUT2D eigenvalue weighted by molar-refractivity contribution is -0.293. The Kier molecular flexibility index (Phi) is 6.90. The summed E-state index contributed by atoms with van der Waals surface area (Å²) in [6.45, 7) is -0.527. The Balaban J connectivity index is 1.96. The minimum atomic E-state index is -1.47. The number of hydrogen-bond acceptors (Lipinski definition) is 10. The molecule has 0 aromatic heterocycles. The van der Waals surface area contributed by atoms with Gasteiger partial charge in [0.1, 0.15) is 42.7 Å². The highest BCUT2D eigenvalue weighted by Gasteiger charge is 2.46. The molecule has 2 fully saturated rings. The first-order valence-electron chi connectivity index (χ1n) is 7.84. The summed E-state index contributed by atoms with van der Waals surface area (Å²) >= 11 is 0.